The fourth-order valence-electron chi connectivity index (χ4n) is 2.87. The van der Waals surface area contributed by atoms with Gasteiger partial charge in [-0.15, -0.1) is 0 Å². The van der Waals surface area contributed by atoms with Crippen LogP contribution in [-0.4, -0.2) is 19.1 Å². The van der Waals surface area contributed by atoms with Gasteiger partial charge in [-0.3, -0.25) is 4.79 Å². The molecule has 0 aliphatic carbocycles. The van der Waals surface area contributed by atoms with Gasteiger partial charge in [0.25, 0.3) is 0 Å². The molecular weight excluding hydrogens is 344 g/mol. The molecule has 2 aromatic carbocycles. The lowest BCUT2D eigenvalue weighted by atomic mass is 10.1. The van der Waals surface area contributed by atoms with Crippen LogP contribution in [0.3, 0.4) is 0 Å². The van der Waals surface area contributed by atoms with Crippen LogP contribution in [0.5, 0.6) is 0 Å². The summed E-state index contributed by atoms with van der Waals surface area (Å²) in [6.45, 7) is 2.56. The minimum Gasteiger partial charge on any atom is -0.464 e. The summed E-state index contributed by atoms with van der Waals surface area (Å²) in [7, 11) is 2.07. The van der Waals surface area contributed by atoms with Crippen molar-refractivity contribution < 1.29 is 14.1 Å². The van der Waals surface area contributed by atoms with Gasteiger partial charge >= 0.3 is 5.97 Å². The first-order valence-corrected chi connectivity index (χ1v) is 9.49. The van der Waals surface area contributed by atoms with Crippen LogP contribution in [0.15, 0.2) is 66.3 Å². The van der Waals surface area contributed by atoms with Gasteiger partial charge in [0.15, 0.2) is 0 Å². The van der Waals surface area contributed by atoms with E-state index in [0.29, 0.717) is 13.2 Å². The predicted octanol–water partition coefficient (Wildman–Crippen LogP) is 3.85. The third-order valence-corrected chi connectivity index (χ3v) is 5.17. The second kappa shape index (κ2) is 8.63. The summed E-state index contributed by atoms with van der Waals surface area (Å²) in [4.78, 5) is 12.8. The zero-order valence-electron chi connectivity index (χ0n) is 15.1. The molecule has 4 rings (SSSR count). The van der Waals surface area contributed by atoms with Crippen molar-refractivity contribution in [3.8, 4) is 0 Å². The fraction of sp³-hybridized carbons (Fsp3) is 0.238. The monoisotopic (exact) mass is 367 g/mol. The third-order valence-electron chi connectivity index (χ3n) is 4.14. The summed E-state index contributed by atoms with van der Waals surface area (Å²) in [5, 5.41) is 0. The Morgan fingerprint density at radius 1 is 1.19 bits per heavy atom. The molecule has 0 saturated heterocycles. The van der Waals surface area contributed by atoms with Crippen molar-refractivity contribution in [1.29, 1.82) is 0 Å². The summed E-state index contributed by atoms with van der Waals surface area (Å²) in [5.41, 5.74) is 5.95. The smallest absolute Gasteiger partial charge is 0.302 e. The number of aromatic nitrogens is 1. The molecule has 4 nitrogen and oxygen atoms in total. The van der Waals surface area contributed by atoms with Gasteiger partial charge in [-0.1, -0.05) is 47.7 Å². The Morgan fingerprint density at radius 2 is 1.96 bits per heavy atom. The van der Waals surface area contributed by atoms with Crippen LogP contribution in [0, 0.1) is 0 Å². The lowest BCUT2D eigenvalue weighted by molar-refractivity contribution is -0.640. The Balaban J connectivity index is 0.000000167. The topological polar surface area (TPSA) is 33.4 Å². The minimum atomic E-state index is -0.228. The summed E-state index contributed by atoms with van der Waals surface area (Å²) < 4.78 is 8.44. The standard InChI is InChI=1S/C13H15NO2.C8H8NS/c1-11(15)16-10-9-14-8-4-6-12-5-2-3-7-13(12)14;1-9-6-10-8-5-3-2-4-7(8)9/h2-5,7-8H,6,9-10H2,1H3;2-6H,1H3/q;+1. The molecule has 0 bridgehead atoms. The molecule has 0 spiro atoms. The fourth-order valence-corrected chi connectivity index (χ4v) is 3.75. The van der Waals surface area contributed by atoms with Crippen molar-refractivity contribution in [2.75, 3.05) is 18.1 Å². The number of allylic oxidation sites excluding steroid dienone is 1. The molecule has 0 radical (unpaired) electrons. The number of aryl methyl sites for hydroxylation is 1. The molecule has 2 heterocycles. The van der Waals surface area contributed by atoms with Crippen LogP contribution in [0.2, 0.25) is 0 Å². The highest BCUT2D eigenvalue weighted by Gasteiger charge is 2.11. The molecule has 134 valence electrons. The average Bonchev–Trinajstić information content (AvgIpc) is 3.04. The maximum Gasteiger partial charge on any atom is 0.302 e. The molecular formula is C21H23N2O2S+. The zero-order valence-corrected chi connectivity index (χ0v) is 15.9. The Bertz CT molecular complexity index is 917. The molecule has 1 aliphatic heterocycles. The van der Waals surface area contributed by atoms with E-state index in [-0.39, 0.29) is 5.97 Å². The number of hydrogen-bond acceptors (Lipinski definition) is 4. The van der Waals surface area contributed by atoms with Crippen LogP contribution in [0.1, 0.15) is 12.5 Å². The number of anilines is 1. The first kappa shape index (κ1) is 18.1. The zero-order chi connectivity index (χ0) is 18.4. The number of para-hydroxylation sites is 2. The van der Waals surface area contributed by atoms with Crippen LogP contribution in [-0.2, 0) is 23.0 Å². The maximum atomic E-state index is 10.7. The quantitative estimate of drug-likeness (QED) is 0.521. The SMILES string of the molecule is CC(=O)OCCN1C=CCc2ccccc21.C[n+]1csc2ccccc21. The summed E-state index contributed by atoms with van der Waals surface area (Å²) in [6, 6.07) is 16.7. The third kappa shape index (κ3) is 4.49. The Morgan fingerprint density at radius 3 is 2.77 bits per heavy atom. The Labute approximate surface area is 158 Å². The second-order valence-corrected chi connectivity index (χ2v) is 6.94. The molecule has 26 heavy (non-hydrogen) atoms. The molecule has 0 N–H and O–H groups in total. The van der Waals surface area contributed by atoms with Gasteiger partial charge in [-0.05, 0) is 24.1 Å². The van der Waals surface area contributed by atoms with E-state index in [9.17, 15) is 4.79 Å². The van der Waals surface area contributed by atoms with E-state index in [1.807, 2.05) is 18.3 Å². The normalized spacial score (nSPS) is 12.3. The van der Waals surface area contributed by atoms with Crippen LogP contribution < -0.4 is 9.47 Å². The molecule has 0 fully saturated rings. The number of rotatable bonds is 3. The van der Waals surface area contributed by atoms with Gasteiger partial charge < -0.3 is 9.64 Å². The summed E-state index contributed by atoms with van der Waals surface area (Å²) in [5.74, 6) is -0.228. The molecule has 0 saturated carbocycles. The van der Waals surface area contributed by atoms with Gasteiger partial charge in [-0.2, -0.15) is 4.57 Å². The first-order valence-electron chi connectivity index (χ1n) is 8.61. The van der Waals surface area contributed by atoms with E-state index in [0.717, 1.165) is 6.42 Å². The Hall–Kier alpha value is -2.66. The van der Waals surface area contributed by atoms with E-state index < -0.39 is 0 Å². The van der Waals surface area contributed by atoms with Gasteiger partial charge in [0.1, 0.15) is 18.4 Å². The largest absolute Gasteiger partial charge is 0.464 e. The highest BCUT2D eigenvalue weighted by molar-refractivity contribution is 7.16. The number of carbonyl (C=O) groups excluding carboxylic acids is 1. The van der Waals surface area contributed by atoms with Crippen molar-refractivity contribution in [3.05, 3.63) is 71.9 Å². The second-order valence-electron chi connectivity index (χ2n) is 6.05. The molecule has 1 aromatic heterocycles. The predicted molar refractivity (Wildman–Crippen MR) is 106 cm³/mol. The van der Waals surface area contributed by atoms with E-state index in [1.54, 1.807) is 11.3 Å². The highest BCUT2D eigenvalue weighted by Crippen LogP contribution is 2.24. The number of nitrogens with zero attached hydrogens (tertiary/aromatic N) is 2. The molecule has 0 amide bonds. The lowest BCUT2D eigenvalue weighted by Crippen LogP contribution is -2.25. The number of benzene rings is 2. The van der Waals surface area contributed by atoms with Crippen molar-refractivity contribution in [3.63, 3.8) is 0 Å². The Kier molecular flexibility index (Phi) is 6.02. The lowest BCUT2D eigenvalue weighted by Gasteiger charge is -2.26. The molecule has 1 aliphatic rings. The average molecular weight is 367 g/mol. The number of esters is 1. The molecule has 3 aromatic rings. The highest BCUT2D eigenvalue weighted by atomic mass is 32.1. The van der Waals surface area contributed by atoms with E-state index in [2.05, 4.69) is 64.5 Å². The first-order chi connectivity index (χ1) is 12.6. The number of thiazole rings is 1. The number of carbonyl (C=O) groups is 1. The van der Waals surface area contributed by atoms with Crippen LogP contribution >= 0.6 is 11.3 Å². The summed E-state index contributed by atoms with van der Waals surface area (Å²) in [6.07, 6.45) is 5.14. The number of ether oxygens (including phenoxy) is 1. The van der Waals surface area contributed by atoms with Gasteiger partial charge in [-0.25, -0.2) is 0 Å². The molecule has 0 unspecified atom stereocenters. The van der Waals surface area contributed by atoms with Gasteiger partial charge in [0, 0.05) is 24.9 Å². The number of hydrogen-bond donors (Lipinski definition) is 0. The van der Waals surface area contributed by atoms with E-state index in [4.69, 9.17) is 4.74 Å². The van der Waals surface area contributed by atoms with Gasteiger partial charge in [0.05, 0.1) is 6.54 Å². The van der Waals surface area contributed by atoms with Gasteiger partial charge in [0.2, 0.25) is 11.0 Å². The number of fused-ring (bicyclic) bond motifs is 2. The van der Waals surface area contributed by atoms with Crippen molar-refractivity contribution >= 4 is 33.2 Å². The van der Waals surface area contributed by atoms with Crippen molar-refractivity contribution in [2.24, 2.45) is 7.05 Å². The molecule has 5 heteroatoms. The van der Waals surface area contributed by atoms with E-state index in [1.165, 1.54) is 28.4 Å². The minimum absolute atomic E-state index is 0.228. The van der Waals surface area contributed by atoms with Crippen molar-refractivity contribution in [1.82, 2.24) is 0 Å². The maximum absolute atomic E-state index is 10.7. The summed E-state index contributed by atoms with van der Waals surface area (Å²) >= 11 is 1.78. The van der Waals surface area contributed by atoms with Crippen LogP contribution in [0.4, 0.5) is 5.69 Å². The van der Waals surface area contributed by atoms with Crippen molar-refractivity contribution in [2.45, 2.75) is 13.3 Å². The van der Waals surface area contributed by atoms with E-state index >= 15 is 0 Å². The molecule has 0 atom stereocenters. The van der Waals surface area contributed by atoms with Crippen LogP contribution in [0.25, 0.3) is 10.2 Å².